The molecular weight excluding hydrogens is 288 g/mol. The Morgan fingerprint density at radius 1 is 1.41 bits per heavy atom. The Balaban J connectivity index is 1.97. The molecule has 0 bridgehead atoms. The fourth-order valence-electron chi connectivity index (χ4n) is 1.23. The minimum absolute atomic E-state index is 0.108. The van der Waals surface area contributed by atoms with Crippen molar-refractivity contribution in [3.05, 3.63) is 46.3 Å². The van der Waals surface area contributed by atoms with Crippen molar-refractivity contribution in [3.8, 4) is 0 Å². The van der Waals surface area contributed by atoms with Crippen LogP contribution in [0.5, 0.6) is 0 Å². The summed E-state index contributed by atoms with van der Waals surface area (Å²) in [6.07, 6.45) is 1.10. The number of rotatable bonds is 4. The number of oxazole rings is 1. The van der Waals surface area contributed by atoms with Gasteiger partial charge in [0, 0.05) is 11.0 Å². The van der Waals surface area contributed by atoms with E-state index in [1.54, 1.807) is 0 Å². The Morgan fingerprint density at radius 3 is 2.71 bits per heavy atom. The number of anilines is 1. The molecule has 0 aliphatic carbocycles. The van der Waals surface area contributed by atoms with E-state index in [0.29, 0.717) is 6.54 Å². The van der Waals surface area contributed by atoms with Gasteiger partial charge in [-0.3, -0.25) is 0 Å². The van der Waals surface area contributed by atoms with Crippen molar-refractivity contribution < 1.29 is 14.3 Å². The van der Waals surface area contributed by atoms with E-state index in [4.69, 9.17) is 9.52 Å². The lowest BCUT2D eigenvalue weighted by Gasteiger charge is -2.01. The lowest BCUT2D eigenvalue weighted by Crippen LogP contribution is -2.01. The second kappa shape index (κ2) is 5.01. The van der Waals surface area contributed by atoms with Crippen LogP contribution in [-0.2, 0) is 6.54 Å². The molecule has 0 radical (unpaired) electrons. The number of aromatic nitrogens is 1. The Bertz CT molecular complexity index is 522. The van der Waals surface area contributed by atoms with Gasteiger partial charge in [0.15, 0.2) is 5.69 Å². The highest BCUT2D eigenvalue weighted by atomic mass is 79.9. The zero-order valence-electron chi connectivity index (χ0n) is 8.68. The molecule has 17 heavy (non-hydrogen) atoms. The number of nitrogens with one attached hydrogen (secondary N) is 1. The maximum Gasteiger partial charge on any atom is 0.357 e. The molecule has 1 aromatic carbocycles. The Kier molecular flexibility index (Phi) is 3.43. The molecule has 0 saturated heterocycles. The third-order valence-electron chi connectivity index (χ3n) is 2.08. The number of aromatic carboxylic acids is 1. The van der Waals surface area contributed by atoms with Gasteiger partial charge < -0.3 is 14.8 Å². The fraction of sp³-hybridized carbons (Fsp3) is 0.0909. The molecule has 0 aliphatic rings. The van der Waals surface area contributed by atoms with Crippen molar-refractivity contribution in [2.75, 3.05) is 5.32 Å². The highest BCUT2D eigenvalue weighted by molar-refractivity contribution is 9.10. The topological polar surface area (TPSA) is 75.4 Å². The van der Waals surface area contributed by atoms with Gasteiger partial charge in [-0.1, -0.05) is 28.1 Å². The molecule has 2 N–H and O–H groups in total. The fourth-order valence-corrected chi connectivity index (χ4v) is 1.50. The molecule has 0 fully saturated rings. The second-order valence-electron chi connectivity index (χ2n) is 3.32. The molecule has 2 rings (SSSR count). The minimum atomic E-state index is -1.11. The lowest BCUT2D eigenvalue weighted by atomic mass is 10.2. The number of hydrogen-bond acceptors (Lipinski definition) is 4. The monoisotopic (exact) mass is 296 g/mol. The van der Waals surface area contributed by atoms with Crippen LogP contribution >= 0.6 is 15.9 Å². The van der Waals surface area contributed by atoms with Crippen molar-refractivity contribution in [3.63, 3.8) is 0 Å². The molecule has 0 amide bonds. The first-order valence-corrected chi connectivity index (χ1v) is 5.61. The Hall–Kier alpha value is -1.82. The average molecular weight is 297 g/mol. The zero-order chi connectivity index (χ0) is 12.3. The first-order chi connectivity index (χ1) is 8.15. The van der Waals surface area contributed by atoms with Crippen LogP contribution in [-0.4, -0.2) is 16.1 Å². The number of nitrogens with zero attached hydrogens (tertiary/aromatic N) is 1. The summed E-state index contributed by atoms with van der Waals surface area (Å²) in [4.78, 5) is 14.3. The molecule has 6 heteroatoms. The third kappa shape index (κ3) is 3.07. The molecule has 2 aromatic rings. The summed E-state index contributed by atoms with van der Waals surface area (Å²) in [6.45, 7) is 0.521. The molecule has 0 saturated carbocycles. The minimum Gasteiger partial charge on any atom is -0.476 e. The van der Waals surface area contributed by atoms with Crippen molar-refractivity contribution in [2.45, 2.75) is 6.54 Å². The summed E-state index contributed by atoms with van der Waals surface area (Å²) >= 11 is 3.34. The van der Waals surface area contributed by atoms with E-state index in [1.807, 2.05) is 24.3 Å². The van der Waals surface area contributed by atoms with Gasteiger partial charge in [0.2, 0.25) is 0 Å². The molecule has 0 atom stereocenters. The van der Waals surface area contributed by atoms with Gasteiger partial charge in [-0.15, -0.1) is 0 Å². The lowest BCUT2D eigenvalue weighted by molar-refractivity contribution is 0.0690. The smallest absolute Gasteiger partial charge is 0.357 e. The summed E-state index contributed by atoms with van der Waals surface area (Å²) in [5, 5.41) is 11.6. The SMILES string of the molecule is O=C(O)c1coc(NCc2ccc(Br)cc2)n1. The predicted molar refractivity (Wildman–Crippen MR) is 64.9 cm³/mol. The van der Waals surface area contributed by atoms with Crippen LogP contribution < -0.4 is 5.32 Å². The van der Waals surface area contributed by atoms with E-state index in [-0.39, 0.29) is 11.7 Å². The van der Waals surface area contributed by atoms with Crippen molar-refractivity contribution in [1.29, 1.82) is 0 Å². The van der Waals surface area contributed by atoms with Gasteiger partial charge in [-0.2, -0.15) is 4.98 Å². The van der Waals surface area contributed by atoms with Crippen LogP contribution in [0.4, 0.5) is 6.01 Å². The van der Waals surface area contributed by atoms with Crippen LogP contribution in [0.1, 0.15) is 16.1 Å². The molecule has 1 heterocycles. The van der Waals surface area contributed by atoms with Crippen LogP contribution in [0.25, 0.3) is 0 Å². The first-order valence-electron chi connectivity index (χ1n) is 4.82. The summed E-state index contributed by atoms with van der Waals surface area (Å²) in [5.74, 6) is -1.11. The maximum atomic E-state index is 10.6. The number of halogens is 1. The quantitative estimate of drug-likeness (QED) is 0.907. The third-order valence-corrected chi connectivity index (χ3v) is 2.61. The highest BCUT2D eigenvalue weighted by Crippen LogP contribution is 2.13. The molecule has 0 spiro atoms. The van der Waals surface area contributed by atoms with E-state index >= 15 is 0 Å². The summed E-state index contributed by atoms with van der Waals surface area (Å²) < 4.78 is 5.96. The van der Waals surface area contributed by atoms with E-state index < -0.39 is 5.97 Å². The van der Waals surface area contributed by atoms with Gasteiger partial charge in [0.05, 0.1) is 0 Å². The zero-order valence-corrected chi connectivity index (χ0v) is 10.3. The summed E-state index contributed by atoms with van der Waals surface area (Å²) in [6, 6.07) is 7.94. The number of carboxylic acids is 1. The molecule has 88 valence electrons. The van der Waals surface area contributed by atoms with E-state index in [0.717, 1.165) is 16.3 Å². The summed E-state index contributed by atoms with van der Waals surface area (Å²) in [7, 11) is 0. The average Bonchev–Trinajstić information content (AvgIpc) is 2.77. The standard InChI is InChI=1S/C11H9BrN2O3/c12-8-3-1-7(2-4-8)5-13-11-14-9(6-17-11)10(15)16/h1-4,6H,5H2,(H,13,14)(H,15,16). The predicted octanol–water partition coefficient (Wildman–Crippen LogP) is 2.75. The van der Waals surface area contributed by atoms with Crippen molar-refractivity contribution in [1.82, 2.24) is 4.98 Å². The maximum absolute atomic E-state index is 10.6. The number of carbonyl (C=O) groups is 1. The largest absolute Gasteiger partial charge is 0.476 e. The van der Waals surface area contributed by atoms with Crippen LogP contribution in [0.15, 0.2) is 39.4 Å². The summed E-state index contributed by atoms with van der Waals surface area (Å²) in [5.41, 5.74) is 0.937. The number of benzene rings is 1. The number of hydrogen-bond donors (Lipinski definition) is 2. The normalized spacial score (nSPS) is 10.2. The molecular formula is C11H9BrN2O3. The molecule has 5 nitrogen and oxygen atoms in total. The Labute approximate surface area is 106 Å². The number of carboxylic acid groups (broad SMARTS) is 1. The Morgan fingerprint density at radius 2 is 2.12 bits per heavy atom. The van der Waals surface area contributed by atoms with Gasteiger partial charge in [-0.25, -0.2) is 4.79 Å². The van der Waals surface area contributed by atoms with Gasteiger partial charge >= 0.3 is 5.97 Å². The first kappa shape index (κ1) is 11.7. The van der Waals surface area contributed by atoms with Crippen LogP contribution in [0.2, 0.25) is 0 Å². The van der Waals surface area contributed by atoms with Crippen LogP contribution in [0.3, 0.4) is 0 Å². The van der Waals surface area contributed by atoms with E-state index in [9.17, 15) is 4.79 Å². The van der Waals surface area contributed by atoms with Gasteiger partial charge in [0.25, 0.3) is 6.01 Å². The molecule has 1 aromatic heterocycles. The molecule has 0 unspecified atom stereocenters. The van der Waals surface area contributed by atoms with Crippen LogP contribution in [0, 0.1) is 0 Å². The van der Waals surface area contributed by atoms with Gasteiger partial charge in [0.1, 0.15) is 6.26 Å². The van der Waals surface area contributed by atoms with Crippen molar-refractivity contribution in [2.24, 2.45) is 0 Å². The van der Waals surface area contributed by atoms with Gasteiger partial charge in [-0.05, 0) is 17.7 Å². The van der Waals surface area contributed by atoms with E-state index in [1.165, 1.54) is 0 Å². The second-order valence-corrected chi connectivity index (χ2v) is 4.24. The van der Waals surface area contributed by atoms with Crippen molar-refractivity contribution >= 4 is 27.9 Å². The highest BCUT2D eigenvalue weighted by Gasteiger charge is 2.09. The van der Waals surface area contributed by atoms with E-state index in [2.05, 4.69) is 26.2 Å². The molecule has 0 aliphatic heterocycles.